The molecule has 4 rings (SSSR count). The maximum absolute atomic E-state index is 12.9. The van der Waals surface area contributed by atoms with E-state index in [1.54, 1.807) is 18.5 Å². The van der Waals surface area contributed by atoms with Gasteiger partial charge in [-0.1, -0.05) is 17.3 Å². The lowest BCUT2D eigenvalue weighted by Crippen LogP contribution is -1.95. The maximum Gasteiger partial charge on any atom is 0.157 e. The lowest BCUT2D eigenvalue weighted by atomic mass is 10.1. The van der Waals surface area contributed by atoms with Crippen molar-refractivity contribution in [2.45, 2.75) is 20.1 Å². The normalized spacial score (nSPS) is 10.9. The number of benzene rings is 2. The van der Waals surface area contributed by atoms with E-state index in [1.807, 2.05) is 48.0 Å². The molecule has 27 heavy (non-hydrogen) atoms. The Morgan fingerprint density at radius 1 is 1.07 bits per heavy atom. The number of nitrogens with zero attached hydrogens (tertiary/aromatic N) is 3. The zero-order valence-corrected chi connectivity index (χ0v) is 14.8. The Morgan fingerprint density at radius 3 is 2.56 bits per heavy atom. The van der Waals surface area contributed by atoms with E-state index in [4.69, 9.17) is 9.26 Å². The van der Waals surface area contributed by atoms with Gasteiger partial charge in [-0.05, 0) is 48.9 Å². The Kier molecular flexibility index (Phi) is 4.70. The standard InChI is InChI=1S/C21H18FN3O2/c1-15-11-25(14-23-15)12-20-10-21(24-27-20)17-4-8-19(9-5-17)26-13-16-2-6-18(22)7-3-16/h2-11,14H,12-13H2,1H3. The predicted octanol–water partition coefficient (Wildman–Crippen LogP) is 4.61. The van der Waals surface area contributed by atoms with Crippen molar-refractivity contribution in [2.24, 2.45) is 0 Å². The molecule has 2 aromatic carbocycles. The summed E-state index contributed by atoms with van der Waals surface area (Å²) in [5.74, 6) is 1.25. The van der Waals surface area contributed by atoms with Crippen molar-refractivity contribution in [1.29, 1.82) is 0 Å². The van der Waals surface area contributed by atoms with Gasteiger partial charge in [0.15, 0.2) is 5.76 Å². The number of hydrogen-bond acceptors (Lipinski definition) is 4. The van der Waals surface area contributed by atoms with Crippen molar-refractivity contribution in [3.63, 3.8) is 0 Å². The fourth-order valence-corrected chi connectivity index (χ4v) is 2.73. The van der Waals surface area contributed by atoms with Crippen LogP contribution in [0.4, 0.5) is 4.39 Å². The number of aromatic nitrogens is 3. The molecule has 2 heterocycles. The van der Waals surface area contributed by atoms with Crippen LogP contribution in [0.25, 0.3) is 11.3 Å². The minimum Gasteiger partial charge on any atom is -0.489 e. The molecule has 0 N–H and O–H groups in total. The number of halogens is 1. The number of hydrogen-bond donors (Lipinski definition) is 0. The highest BCUT2D eigenvalue weighted by molar-refractivity contribution is 5.59. The third-order valence-corrected chi connectivity index (χ3v) is 4.13. The number of aryl methyl sites for hydroxylation is 1. The fraction of sp³-hybridized carbons (Fsp3) is 0.143. The Morgan fingerprint density at radius 2 is 1.85 bits per heavy atom. The summed E-state index contributed by atoms with van der Waals surface area (Å²) in [6, 6.07) is 15.8. The molecule has 0 saturated carbocycles. The van der Waals surface area contributed by atoms with Gasteiger partial charge in [-0.15, -0.1) is 0 Å². The summed E-state index contributed by atoms with van der Waals surface area (Å²) in [6.07, 6.45) is 3.72. The molecule has 0 amide bonds. The average Bonchev–Trinajstić information content (AvgIpc) is 3.31. The van der Waals surface area contributed by atoms with Crippen molar-refractivity contribution < 1.29 is 13.7 Å². The summed E-state index contributed by atoms with van der Waals surface area (Å²) in [7, 11) is 0. The molecule has 0 atom stereocenters. The predicted molar refractivity (Wildman–Crippen MR) is 98.7 cm³/mol. The Labute approximate surface area is 156 Å². The highest BCUT2D eigenvalue weighted by Crippen LogP contribution is 2.23. The topological polar surface area (TPSA) is 53.1 Å². The summed E-state index contributed by atoms with van der Waals surface area (Å²) >= 11 is 0. The van der Waals surface area contributed by atoms with Crippen LogP contribution in [0.5, 0.6) is 5.75 Å². The Bertz CT molecular complexity index is 1020. The monoisotopic (exact) mass is 363 g/mol. The van der Waals surface area contributed by atoms with Gasteiger partial charge in [-0.25, -0.2) is 9.37 Å². The van der Waals surface area contributed by atoms with Gasteiger partial charge >= 0.3 is 0 Å². The van der Waals surface area contributed by atoms with Crippen LogP contribution in [-0.4, -0.2) is 14.7 Å². The van der Waals surface area contributed by atoms with E-state index in [0.717, 1.165) is 34.0 Å². The summed E-state index contributed by atoms with van der Waals surface area (Å²) in [6.45, 7) is 2.92. The molecule has 0 spiro atoms. The van der Waals surface area contributed by atoms with Gasteiger partial charge in [0, 0.05) is 17.8 Å². The maximum atomic E-state index is 12.9. The molecule has 0 aliphatic carbocycles. The van der Waals surface area contributed by atoms with Gasteiger partial charge in [0.2, 0.25) is 0 Å². The zero-order chi connectivity index (χ0) is 18.6. The molecule has 0 aliphatic heterocycles. The van der Waals surface area contributed by atoms with Crippen molar-refractivity contribution in [3.05, 3.63) is 90.0 Å². The summed E-state index contributed by atoms with van der Waals surface area (Å²) < 4.78 is 26.0. The molecule has 136 valence electrons. The second-order valence-electron chi connectivity index (χ2n) is 6.31. The van der Waals surface area contributed by atoms with E-state index in [2.05, 4.69) is 10.1 Å². The first kappa shape index (κ1) is 17.0. The first-order chi connectivity index (χ1) is 13.2. The van der Waals surface area contributed by atoms with Gasteiger partial charge < -0.3 is 13.8 Å². The molecule has 4 aromatic rings. The van der Waals surface area contributed by atoms with E-state index >= 15 is 0 Å². The van der Waals surface area contributed by atoms with Crippen LogP contribution in [0.15, 0.2) is 71.6 Å². The summed E-state index contributed by atoms with van der Waals surface area (Å²) in [5, 5.41) is 4.14. The van der Waals surface area contributed by atoms with Crippen molar-refractivity contribution >= 4 is 0 Å². The first-order valence-electron chi connectivity index (χ1n) is 8.57. The van der Waals surface area contributed by atoms with Crippen LogP contribution in [-0.2, 0) is 13.2 Å². The average molecular weight is 363 g/mol. The fourth-order valence-electron chi connectivity index (χ4n) is 2.73. The van der Waals surface area contributed by atoms with Gasteiger partial charge in [-0.3, -0.25) is 0 Å². The van der Waals surface area contributed by atoms with Crippen LogP contribution in [0, 0.1) is 12.7 Å². The molecular weight excluding hydrogens is 345 g/mol. The third kappa shape index (κ3) is 4.23. The summed E-state index contributed by atoms with van der Waals surface area (Å²) in [4.78, 5) is 4.20. The van der Waals surface area contributed by atoms with Crippen LogP contribution >= 0.6 is 0 Å². The zero-order valence-electron chi connectivity index (χ0n) is 14.8. The van der Waals surface area contributed by atoms with Gasteiger partial charge in [0.25, 0.3) is 0 Å². The molecule has 0 fully saturated rings. The van der Waals surface area contributed by atoms with Gasteiger partial charge in [0.1, 0.15) is 23.9 Å². The lowest BCUT2D eigenvalue weighted by molar-refractivity contribution is 0.306. The highest BCUT2D eigenvalue weighted by atomic mass is 19.1. The first-order valence-corrected chi connectivity index (χ1v) is 8.57. The molecule has 0 saturated heterocycles. The van der Waals surface area contributed by atoms with E-state index in [0.29, 0.717) is 13.2 Å². The molecular formula is C21H18FN3O2. The second kappa shape index (κ2) is 7.45. The number of ether oxygens (including phenoxy) is 1. The van der Waals surface area contributed by atoms with Gasteiger partial charge in [-0.2, -0.15) is 0 Å². The molecule has 0 unspecified atom stereocenters. The Hall–Kier alpha value is -3.41. The molecule has 6 heteroatoms. The van der Waals surface area contributed by atoms with Crippen LogP contribution < -0.4 is 4.74 Å². The largest absolute Gasteiger partial charge is 0.489 e. The number of rotatable bonds is 6. The molecule has 2 aromatic heterocycles. The third-order valence-electron chi connectivity index (χ3n) is 4.13. The second-order valence-corrected chi connectivity index (χ2v) is 6.31. The van der Waals surface area contributed by atoms with Crippen molar-refractivity contribution in [3.8, 4) is 17.0 Å². The summed E-state index contributed by atoms with van der Waals surface area (Å²) in [5.41, 5.74) is 3.59. The van der Waals surface area contributed by atoms with Crippen molar-refractivity contribution in [1.82, 2.24) is 14.7 Å². The molecule has 0 aliphatic rings. The van der Waals surface area contributed by atoms with Crippen molar-refractivity contribution in [2.75, 3.05) is 0 Å². The van der Waals surface area contributed by atoms with E-state index in [1.165, 1.54) is 12.1 Å². The molecule has 5 nitrogen and oxygen atoms in total. The smallest absolute Gasteiger partial charge is 0.157 e. The van der Waals surface area contributed by atoms with Crippen LogP contribution in [0.2, 0.25) is 0 Å². The minimum absolute atomic E-state index is 0.252. The van der Waals surface area contributed by atoms with Crippen LogP contribution in [0.3, 0.4) is 0 Å². The number of imidazole rings is 1. The van der Waals surface area contributed by atoms with E-state index < -0.39 is 0 Å². The van der Waals surface area contributed by atoms with E-state index in [9.17, 15) is 4.39 Å². The molecule has 0 radical (unpaired) electrons. The minimum atomic E-state index is -0.252. The molecule has 0 bridgehead atoms. The SMILES string of the molecule is Cc1cn(Cc2cc(-c3ccc(OCc4ccc(F)cc4)cc3)no2)cn1. The van der Waals surface area contributed by atoms with E-state index in [-0.39, 0.29) is 5.82 Å². The quantitative estimate of drug-likeness (QED) is 0.502. The van der Waals surface area contributed by atoms with Crippen LogP contribution in [0.1, 0.15) is 17.0 Å². The van der Waals surface area contributed by atoms with Gasteiger partial charge in [0.05, 0.1) is 18.6 Å². The lowest BCUT2D eigenvalue weighted by Gasteiger charge is -2.06. The Balaban J connectivity index is 1.39. The highest BCUT2D eigenvalue weighted by Gasteiger charge is 2.08.